The molecule has 2 aromatic rings. The van der Waals surface area contributed by atoms with E-state index in [1.54, 1.807) is 0 Å². The van der Waals surface area contributed by atoms with E-state index < -0.39 is 0 Å². The van der Waals surface area contributed by atoms with Gasteiger partial charge in [-0.25, -0.2) is 0 Å². The minimum Gasteiger partial charge on any atom is -0.313 e. The van der Waals surface area contributed by atoms with Gasteiger partial charge in [-0.1, -0.05) is 36.8 Å². The summed E-state index contributed by atoms with van der Waals surface area (Å²) < 4.78 is 2.24. The quantitative estimate of drug-likeness (QED) is 0.851. The second-order valence-corrected chi connectivity index (χ2v) is 5.95. The van der Waals surface area contributed by atoms with Gasteiger partial charge in [0.15, 0.2) is 0 Å². The van der Waals surface area contributed by atoms with E-state index in [2.05, 4.69) is 58.7 Å². The van der Waals surface area contributed by atoms with Crippen LogP contribution in [0.25, 0.3) is 0 Å². The predicted molar refractivity (Wildman–Crippen MR) is 86.3 cm³/mol. The first-order chi connectivity index (χ1) is 10.4. The number of benzene rings is 1. The Morgan fingerprint density at radius 3 is 2.90 bits per heavy atom. The monoisotopic (exact) mass is 283 g/mol. The van der Waals surface area contributed by atoms with Gasteiger partial charge in [0, 0.05) is 23.8 Å². The first kappa shape index (κ1) is 14.3. The maximum atomic E-state index is 4.65. The van der Waals surface area contributed by atoms with Crippen LogP contribution in [0, 0.1) is 0 Å². The zero-order valence-electron chi connectivity index (χ0n) is 12.9. The van der Waals surface area contributed by atoms with E-state index in [4.69, 9.17) is 0 Å². The fourth-order valence-electron chi connectivity index (χ4n) is 3.36. The van der Waals surface area contributed by atoms with Gasteiger partial charge in [0.1, 0.15) is 0 Å². The van der Waals surface area contributed by atoms with Crippen LogP contribution in [0.5, 0.6) is 0 Å². The predicted octanol–water partition coefficient (Wildman–Crippen LogP) is 3.50. The molecule has 3 nitrogen and oxygen atoms in total. The molecule has 112 valence electrons. The zero-order chi connectivity index (χ0) is 14.5. The summed E-state index contributed by atoms with van der Waals surface area (Å²) in [4.78, 5) is 0. The maximum absolute atomic E-state index is 4.65. The van der Waals surface area contributed by atoms with E-state index in [0.717, 1.165) is 19.4 Å². The van der Waals surface area contributed by atoms with Crippen molar-refractivity contribution in [3.8, 4) is 0 Å². The van der Waals surface area contributed by atoms with Gasteiger partial charge in [-0.2, -0.15) is 5.10 Å². The molecule has 1 aromatic heterocycles. The Kier molecular flexibility index (Phi) is 4.71. The van der Waals surface area contributed by atoms with Crippen LogP contribution < -0.4 is 5.32 Å². The smallest absolute Gasteiger partial charge is 0.0540 e. The van der Waals surface area contributed by atoms with E-state index in [1.165, 1.54) is 42.5 Å². The van der Waals surface area contributed by atoms with Crippen LogP contribution in [0.15, 0.2) is 36.5 Å². The maximum Gasteiger partial charge on any atom is 0.0540 e. The molecule has 1 unspecified atom stereocenters. The SMILES string of the molecule is CNC1CCCCc2c1cnn2CCCc1ccccc1. The Morgan fingerprint density at radius 2 is 2.10 bits per heavy atom. The molecule has 0 saturated heterocycles. The molecule has 0 amide bonds. The molecule has 0 fully saturated rings. The Bertz CT molecular complexity index is 559. The van der Waals surface area contributed by atoms with Crippen LogP contribution in [0.4, 0.5) is 0 Å². The molecule has 1 aromatic carbocycles. The van der Waals surface area contributed by atoms with Crippen molar-refractivity contribution in [2.24, 2.45) is 0 Å². The van der Waals surface area contributed by atoms with Crippen molar-refractivity contribution < 1.29 is 0 Å². The summed E-state index contributed by atoms with van der Waals surface area (Å²) in [6, 6.07) is 11.2. The van der Waals surface area contributed by atoms with Crippen molar-refractivity contribution in [1.29, 1.82) is 0 Å². The van der Waals surface area contributed by atoms with Crippen LogP contribution >= 0.6 is 0 Å². The molecule has 0 saturated carbocycles. The Hall–Kier alpha value is -1.61. The van der Waals surface area contributed by atoms with E-state index in [9.17, 15) is 0 Å². The number of rotatable bonds is 5. The van der Waals surface area contributed by atoms with Crippen molar-refractivity contribution in [3.05, 3.63) is 53.3 Å². The van der Waals surface area contributed by atoms with Gasteiger partial charge >= 0.3 is 0 Å². The Labute approximate surface area is 127 Å². The summed E-state index contributed by atoms with van der Waals surface area (Å²) >= 11 is 0. The summed E-state index contributed by atoms with van der Waals surface area (Å²) in [6.07, 6.45) is 9.38. The lowest BCUT2D eigenvalue weighted by molar-refractivity contribution is 0.531. The molecule has 0 spiro atoms. The second-order valence-electron chi connectivity index (χ2n) is 5.95. The molecule has 0 aliphatic heterocycles. The fourth-order valence-corrected chi connectivity index (χ4v) is 3.36. The first-order valence-electron chi connectivity index (χ1n) is 8.14. The standard InChI is InChI=1S/C18H25N3/c1-19-17-11-5-6-12-18-16(17)14-20-21(18)13-7-10-15-8-3-2-4-9-15/h2-4,8-9,14,17,19H,5-7,10-13H2,1H3. The van der Waals surface area contributed by atoms with Crippen LogP contribution in [-0.4, -0.2) is 16.8 Å². The number of fused-ring (bicyclic) bond motifs is 1. The molecule has 1 aliphatic rings. The molecule has 1 N–H and O–H groups in total. The minimum absolute atomic E-state index is 0.491. The summed E-state index contributed by atoms with van der Waals surface area (Å²) in [5.41, 5.74) is 4.30. The lowest BCUT2D eigenvalue weighted by Gasteiger charge is -2.13. The van der Waals surface area contributed by atoms with E-state index in [-0.39, 0.29) is 0 Å². The van der Waals surface area contributed by atoms with Gasteiger partial charge < -0.3 is 5.32 Å². The second kappa shape index (κ2) is 6.90. The van der Waals surface area contributed by atoms with E-state index in [0.29, 0.717) is 6.04 Å². The largest absolute Gasteiger partial charge is 0.313 e. The van der Waals surface area contributed by atoms with Gasteiger partial charge in [0.2, 0.25) is 0 Å². The summed E-state index contributed by atoms with van der Waals surface area (Å²) in [7, 11) is 2.06. The van der Waals surface area contributed by atoms with Gasteiger partial charge in [0.25, 0.3) is 0 Å². The number of nitrogens with one attached hydrogen (secondary N) is 1. The first-order valence-corrected chi connectivity index (χ1v) is 8.14. The third-order valence-corrected chi connectivity index (χ3v) is 4.54. The molecular weight excluding hydrogens is 258 g/mol. The number of nitrogens with zero attached hydrogens (tertiary/aromatic N) is 2. The summed E-state index contributed by atoms with van der Waals surface area (Å²) in [6.45, 7) is 1.03. The lowest BCUT2D eigenvalue weighted by Crippen LogP contribution is -2.16. The van der Waals surface area contributed by atoms with Gasteiger partial charge in [-0.15, -0.1) is 0 Å². The number of aromatic nitrogens is 2. The van der Waals surface area contributed by atoms with Crippen molar-refractivity contribution in [3.63, 3.8) is 0 Å². The highest BCUT2D eigenvalue weighted by Crippen LogP contribution is 2.28. The summed E-state index contributed by atoms with van der Waals surface area (Å²) in [5, 5.41) is 8.09. The third-order valence-electron chi connectivity index (χ3n) is 4.54. The summed E-state index contributed by atoms with van der Waals surface area (Å²) in [5.74, 6) is 0. The van der Waals surface area contributed by atoms with Crippen LogP contribution in [0.2, 0.25) is 0 Å². The highest BCUT2D eigenvalue weighted by atomic mass is 15.3. The fraction of sp³-hybridized carbons (Fsp3) is 0.500. The highest BCUT2D eigenvalue weighted by Gasteiger charge is 2.21. The minimum atomic E-state index is 0.491. The Balaban J connectivity index is 1.65. The molecule has 0 bridgehead atoms. The van der Waals surface area contributed by atoms with Gasteiger partial charge in [0.05, 0.1) is 6.20 Å². The zero-order valence-corrected chi connectivity index (χ0v) is 12.9. The number of aryl methyl sites for hydroxylation is 2. The van der Waals surface area contributed by atoms with Crippen molar-refractivity contribution in [2.45, 2.75) is 51.1 Å². The van der Waals surface area contributed by atoms with E-state index >= 15 is 0 Å². The van der Waals surface area contributed by atoms with Crippen molar-refractivity contribution in [1.82, 2.24) is 15.1 Å². The van der Waals surface area contributed by atoms with Gasteiger partial charge in [-0.05, 0) is 44.7 Å². The molecule has 1 aliphatic carbocycles. The lowest BCUT2D eigenvalue weighted by atomic mass is 10.1. The normalized spacial score (nSPS) is 18.2. The van der Waals surface area contributed by atoms with Gasteiger partial charge in [-0.3, -0.25) is 4.68 Å². The van der Waals surface area contributed by atoms with Crippen molar-refractivity contribution >= 4 is 0 Å². The van der Waals surface area contributed by atoms with Crippen LogP contribution in [-0.2, 0) is 19.4 Å². The number of hydrogen-bond donors (Lipinski definition) is 1. The van der Waals surface area contributed by atoms with E-state index in [1.807, 2.05) is 0 Å². The van der Waals surface area contributed by atoms with Crippen molar-refractivity contribution in [2.75, 3.05) is 7.05 Å². The van der Waals surface area contributed by atoms with Crippen LogP contribution in [0.3, 0.4) is 0 Å². The molecule has 3 rings (SSSR count). The molecule has 1 atom stereocenters. The molecular formula is C18H25N3. The third kappa shape index (κ3) is 3.35. The van der Waals surface area contributed by atoms with Crippen LogP contribution in [0.1, 0.15) is 48.5 Å². The highest BCUT2D eigenvalue weighted by molar-refractivity contribution is 5.23. The average molecular weight is 283 g/mol. The molecule has 1 heterocycles. The average Bonchev–Trinajstić information content (AvgIpc) is 2.80. The Morgan fingerprint density at radius 1 is 1.24 bits per heavy atom. The number of hydrogen-bond acceptors (Lipinski definition) is 2. The topological polar surface area (TPSA) is 29.9 Å². The molecule has 21 heavy (non-hydrogen) atoms. The molecule has 0 radical (unpaired) electrons. The molecule has 3 heteroatoms.